The number of H-pyrrole nitrogens is 1. The number of hydrogen-bond acceptors (Lipinski definition) is 3. The predicted molar refractivity (Wildman–Crippen MR) is 65.5 cm³/mol. The van der Waals surface area contributed by atoms with Gasteiger partial charge in [-0.1, -0.05) is 18.3 Å². The molecule has 0 aliphatic heterocycles. The number of nitrogens with one attached hydrogen (secondary N) is 1. The van der Waals surface area contributed by atoms with E-state index >= 15 is 0 Å². The minimum Gasteiger partial charge on any atom is -0.377 e. The van der Waals surface area contributed by atoms with Crippen molar-refractivity contribution in [2.45, 2.75) is 6.61 Å². The quantitative estimate of drug-likeness (QED) is 0.868. The van der Waals surface area contributed by atoms with Gasteiger partial charge in [-0.2, -0.15) is 0 Å². The van der Waals surface area contributed by atoms with E-state index in [1.807, 2.05) is 0 Å². The molecule has 1 N–H and O–H groups in total. The van der Waals surface area contributed by atoms with Crippen LogP contribution in [0.15, 0.2) is 24.3 Å². The Labute approximate surface area is 107 Å². The maximum absolute atomic E-state index is 13.6. The molecule has 2 rings (SSSR count). The average Bonchev–Trinajstić information content (AvgIpc) is 2.28. The topological polar surface area (TPSA) is 37.9 Å². The molecule has 3 nitrogen and oxygen atoms in total. The van der Waals surface area contributed by atoms with Gasteiger partial charge in [0.15, 0.2) is 0 Å². The minimum absolute atomic E-state index is 0.150. The van der Waals surface area contributed by atoms with Crippen molar-refractivity contribution in [2.24, 2.45) is 0 Å². The second-order valence-electron chi connectivity index (χ2n) is 3.61. The van der Waals surface area contributed by atoms with E-state index < -0.39 is 11.6 Å². The monoisotopic (exact) mass is 268 g/mol. The fraction of sp³-hybridized carbons (Fsp3) is 0.167. The van der Waals surface area contributed by atoms with Crippen LogP contribution in [0.4, 0.5) is 8.78 Å². The molecule has 0 spiro atoms. The number of ether oxygens (including phenoxy) is 1. The number of hydrogen-bond donors (Lipinski definition) is 1. The Hall–Kier alpha value is -1.66. The molecule has 18 heavy (non-hydrogen) atoms. The van der Waals surface area contributed by atoms with Crippen molar-refractivity contribution in [3.8, 4) is 11.3 Å². The van der Waals surface area contributed by atoms with Crippen LogP contribution in [0.5, 0.6) is 0 Å². The van der Waals surface area contributed by atoms with Crippen molar-refractivity contribution >= 4 is 12.2 Å². The van der Waals surface area contributed by atoms with Crippen LogP contribution in [0.3, 0.4) is 0 Å². The molecular formula is C12H10F2N2OS. The van der Waals surface area contributed by atoms with Crippen molar-refractivity contribution in [3.63, 3.8) is 0 Å². The molecule has 0 bridgehead atoms. The SMILES string of the molecule is COCc1nc(=S)cc(-c2c(F)cccc2F)[nH]1. The molecular weight excluding hydrogens is 258 g/mol. The normalized spacial score (nSPS) is 10.6. The van der Waals surface area contributed by atoms with Crippen LogP contribution in [-0.4, -0.2) is 17.1 Å². The van der Waals surface area contributed by atoms with Gasteiger partial charge in [0.25, 0.3) is 0 Å². The summed E-state index contributed by atoms with van der Waals surface area (Å²) in [5.74, 6) is -0.895. The van der Waals surface area contributed by atoms with E-state index in [9.17, 15) is 8.78 Å². The first-order chi connectivity index (χ1) is 8.61. The largest absolute Gasteiger partial charge is 0.377 e. The van der Waals surface area contributed by atoms with Gasteiger partial charge in [0.2, 0.25) is 0 Å². The smallest absolute Gasteiger partial charge is 0.135 e. The molecule has 0 saturated heterocycles. The maximum atomic E-state index is 13.6. The van der Waals surface area contributed by atoms with Crippen molar-refractivity contribution in [2.75, 3.05) is 7.11 Å². The second-order valence-corrected chi connectivity index (χ2v) is 4.03. The fourth-order valence-corrected chi connectivity index (χ4v) is 1.83. The third-order valence-corrected chi connectivity index (χ3v) is 2.51. The van der Waals surface area contributed by atoms with E-state index in [0.29, 0.717) is 5.82 Å². The molecule has 2 aromatic rings. The first kappa shape index (κ1) is 12.8. The summed E-state index contributed by atoms with van der Waals surface area (Å²) in [6.07, 6.45) is 0. The average molecular weight is 268 g/mol. The van der Waals surface area contributed by atoms with Gasteiger partial charge < -0.3 is 9.72 Å². The molecule has 1 aromatic carbocycles. The lowest BCUT2D eigenvalue weighted by atomic mass is 10.1. The maximum Gasteiger partial charge on any atom is 0.135 e. The van der Waals surface area contributed by atoms with Crippen LogP contribution in [0.25, 0.3) is 11.3 Å². The summed E-state index contributed by atoms with van der Waals surface area (Å²) >= 11 is 4.96. The van der Waals surface area contributed by atoms with Gasteiger partial charge in [-0.05, 0) is 18.2 Å². The third kappa shape index (κ3) is 2.60. The van der Waals surface area contributed by atoms with E-state index in [0.717, 1.165) is 0 Å². The zero-order chi connectivity index (χ0) is 13.1. The van der Waals surface area contributed by atoms with Gasteiger partial charge in [0.1, 0.15) is 28.7 Å². The third-order valence-electron chi connectivity index (χ3n) is 2.31. The minimum atomic E-state index is -0.657. The Balaban J connectivity index is 2.60. The highest BCUT2D eigenvalue weighted by Gasteiger charge is 2.12. The van der Waals surface area contributed by atoms with Crippen LogP contribution in [-0.2, 0) is 11.3 Å². The molecule has 0 aliphatic carbocycles. The highest BCUT2D eigenvalue weighted by atomic mass is 32.1. The number of rotatable bonds is 3. The van der Waals surface area contributed by atoms with Gasteiger partial charge in [-0.25, -0.2) is 13.8 Å². The van der Waals surface area contributed by atoms with Gasteiger partial charge >= 0.3 is 0 Å². The number of nitrogens with zero attached hydrogens (tertiary/aromatic N) is 1. The Morgan fingerprint density at radius 1 is 1.33 bits per heavy atom. The number of aromatic amines is 1. The molecule has 0 amide bonds. The van der Waals surface area contributed by atoms with Crippen LogP contribution in [0.2, 0.25) is 0 Å². The predicted octanol–water partition coefficient (Wildman–Crippen LogP) is 3.23. The molecule has 0 atom stereocenters. The van der Waals surface area contributed by atoms with Crippen molar-refractivity contribution in [1.29, 1.82) is 0 Å². The zero-order valence-electron chi connectivity index (χ0n) is 9.54. The summed E-state index contributed by atoms with van der Waals surface area (Å²) in [6.45, 7) is 0.188. The van der Waals surface area contributed by atoms with Gasteiger partial charge in [-0.15, -0.1) is 0 Å². The fourth-order valence-electron chi connectivity index (χ4n) is 1.60. The number of benzene rings is 1. The first-order valence-electron chi connectivity index (χ1n) is 5.15. The van der Waals surface area contributed by atoms with E-state index in [1.54, 1.807) is 0 Å². The second kappa shape index (κ2) is 5.32. The van der Waals surface area contributed by atoms with Crippen LogP contribution in [0, 0.1) is 16.3 Å². The standard InChI is InChI=1S/C12H10F2N2OS/c1-17-6-10-15-9(5-11(18)16-10)12-7(13)3-2-4-8(12)14/h2-5H,6H2,1H3,(H,15,16,18). The lowest BCUT2D eigenvalue weighted by Gasteiger charge is -2.07. The Morgan fingerprint density at radius 3 is 2.61 bits per heavy atom. The van der Waals surface area contributed by atoms with Crippen molar-refractivity contribution in [1.82, 2.24) is 9.97 Å². The summed E-state index contributed by atoms with van der Waals surface area (Å²) in [6, 6.07) is 5.09. The van der Waals surface area contributed by atoms with E-state index in [1.165, 1.54) is 31.4 Å². The molecule has 1 heterocycles. The molecule has 94 valence electrons. The van der Waals surface area contributed by atoms with Gasteiger partial charge in [0, 0.05) is 7.11 Å². The number of methoxy groups -OCH3 is 1. The molecule has 0 aliphatic rings. The number of halogens is 2. The van der Waals surface area contributed by atoms with E-state index in [4.69, 9.17) is 17.0 Å². The van der Waals surface area contributed by atoms with Gasteiger partial charge in [0.05, 0.1) is 11.3 Å². The highest BCUT2D eigenvalue weighted by molar-refractivity contribution is 7.71. The van der Waals surface area contributed by atoms with Gasteiger partial charge in [-0.3, -0.25) is 0 Å². The molecule has 0 radical (unpaired) electrons. The van der Waals surface area contributed by atoms with E-state index in [2.05, 4.69) is 9.97 Å². The Bertz CT molecular complexity index is 607. The Kier molecular flexibility index (Phi) is 3.78. The van der Waals surface area contributed by atoms with Crippen LogP contribution < -0.4 is 0 Å². The zero-order valence-corrected chi connectivity index (χ0v) is 10.4. The lowest BCUT2D eigenvalue weighted by Crippen LogP contribution is -2.00. The molecule has 1 aromatic heterocycles. The molecule has 0 fully saturated rings. The molecule has 0 saturated carbocycles. The van der Waals surface area contributed by atoms with E-state index in [-0.39, 0.29) is 22.5 Å². The number of aromatic nitrogens is 2. The molecule has 6 heteroatoms. The van der Waals surface area contributed by atoms with Crippen LogP contribution >= 0.6 is 12.2 Å². The molecule has 0 unspecified atom stereocenters. The summed E-state index contributed by atoms with van der Waals surface area (Å²) in [5.41, 5.74) is 0.0982. The first-order valence-corrected chi connectivity index (χ1v) is 5.56. The summed E-state index contributed by atoms with van der Waals surface area (Å²) in [4.78, 5) is 6.80. The highest BCUT2D eigenvalue weighted by Crippen LogP contribution is 2.24. The summed E-state index contributed by atoms with van der Waals surface area (Å²) in [7, 11) is 1.49. The van der Waals surface area contributed by atoms with Crippen molar-refractivity contribution in [3.05, 3.63) is 46.4 Å². The van der Waals surface area contributed by atoms with Crippen molar-refractivity contribution < 1.29 is 13.5 Å². The lowest BCUT2D eigenvalue weighted by molar-refractivity contribution is 0.177. The summed E-state index contributed by atoms with van der Waals surface area (Å²) < 4.78 is 32.4. The Morgan fingerprint density at radius 2 is 2.00 bits per heavy atom. The summed E-state index contributed by atoms with van der Waals surface area (Å²) in [5, 5.41) is 0. The van der Waals surface area contributed by atoms with Crippen LogP contribution in [0.1, 0.15) is 5.82 Å².